The lowest BCUT2D eigenvalue weighted by Crippen LogP contribution is -3.04. The molecule has 2 aromatic rings. The minimum Gasteiger partial charge on any atom is -0.342 e. The van der Waals surface area contributed by atoms with Crippen LogP contribution < -0.4 is 4.90 Å². The summed E-state index contributed by atoms with van der Waals surface area (Å²) in [6, 6.07) is 10.4. The number of aryl methyl sites for hydroxylation is 1. The zero-order valence-electron chi connectivity index (χ0n) is 9.91. The van der Waals surface area contributed by atoms with Gasteiger partial charge in [0.25, 0.3) is 0 Å². The van der Waals surface area contributed by atoms with E-state index in [2.05, 4.69) is 30.8 Å². The van der Waals surface area contributed by atoms with Gasteiger partial charge in [0, 0.05) is 18.0 Å². The molecule has 0 saturated heterocycles. The van der Waals surface area contributed by atoms with Crippen LogP contribution in [0.2, 0.25) is 0 Å². The second-order valence-corrected chi connectivity index (χ2v) is 4.39. The first-order valence-electron chi connectivity index (χ1n) is 5.40. The minimum atomic E-state index is 0.819. The predicted molar refractivity (Wildman–Crippen MR) is 64.1 cm³/mol. The maximum Gasteiger partial charge on any atom is 0.119 e. The Hall–Kier alpha value is -1.79. The van der Waals surface area contributed by atoms with Crippen molar-refractivity contribution in [3.8, 4) is 6.07 Å². The number of quaternary nitrogens is 1. The summed E-state index contributed by atoms with van der Waals surface area (Å²) in [7, 11) is 6.22. The molecule has 0 radical (unpaired) electrons. The molecule has 0 amide bonds. The van der Waals surface area contributed by atoms with Gasteiger partial charge in [-0.3, -0.25) is 0 Å². The van der Waals surface area contributed by atoms with Gasteiger partial charge in [-0.25, -0.2) is 0 Å². The largest absolute Gasteiger partial charge is 0.342 e. The number of aromatic nitrogens is 1. The highest BCUT2D eigenvalue weighted by molar-refractivity contribution is 5.87. The fourth-order valence-electron chi connectivity index (χ4n) is 2.11. The summed E-state index contributed by atoms with van der Waals surface area (Å²) in [4.78, 5) is 1.32. The third-order valence-electron chi connectivity index (χ3n) is 2.86. The number of nitriles is 1. The standard InChI is InChI=1S/C13H15N3/c1-15(2)9-13-11(8-14)10-6-4-5-7-12(10)16(13)3/h4-7H,9H2,1-3H3/p+1. The number of benzene rings is 1. The van der Waals surface area contributed by atoms with Crippen LogP contribution in [0.5, 0.6) is 0 Å². The lowest BCUT2D eigenvalue weighted by Gasteiger charge is -2.08. The Morgan fingerprint density at radius 1 is 1.31 bits per heavy atom. The molecule has 0 aliphatic carbocycles. The molecule has 0 bridgehead atoms. The molecular weight excluding hydrogens is 198 g/mol. The number of hydrogen-bond donors (Lipinski definition) is 1. The van der Waals surface area contributed by atoms with Gasteiger partial charge >= 0.3 is 0 Å². The van der Waals surface area contributed by atoms with Crippen molar-refractivity contribution in [1.82, 2.24) is 4.57 Å². The van der Waals surface area contributed by atoms with E-state index in [9.17, 15) is 5.26 Å². The van der Waals surface area contributed by atoms with E-state index >= 15 is 0 Å². The summed E-state index contributed by atoms with van der Waals surface area (Å²) in [6.45, 7) is 0.869. The Morgan fingerprint density at radius 2 is 2.00 bits per heavy atom. The number of hydrogen-bond acceptors (Lipinski definition) is 1. The van der Waals surface area contributed by atoms with Crippen molar-refractivity contribution in [2.75, 3.05) is 14.1 Å². The van der Waals surface area contributed by atoms with Crippen molar-refractivity contribution in [2.24, 2.45) is 7.05 Å². The molecule has 1 aromatic heterocycles. The molecule has 1 aromatic carbocycles. The predicted octanol–water partition coefficient (Wildman–Crippen LogP) is 0.694. The van der Waals surface area contributed by atoms with Crippen molar-refractivity contribution >= 4 is 10.9 Å². The van der Waals surface area contributed by atoms with Crippen LogP contribution >= 0.6 is 0 Å². The lowest BCUT2D eigenvalue weighted by molar-refractivity contribution is -0.873. The first-order chi connectivity index (χ1) is 7.65. The third-order valence-corrected chi connectivity index (χ3v) is 2.86. The van der Waals surface area contributed by atoms with Crippen molar-refractivity contribution in [3.63, 3.8) is 0 Å². The average molecular weight is 214 g/mol. The quantitative estimate of drug-likeness (QED) is 0.784. The SMILES string of the molecule is Cn1c(C[NH+](C)C)c(C#N)c2ccccc21. The molecule has 82 valence electrons. The topological polar surface area (TPSA) is 33.2 Å². The molecular formula is C13H16N3+. The van der Waals surface area contributed by atoms with E-state index in [1.807, 2.05) is 25.2 Å². The maximum absolute atomic E-state index is 9.27. The molecule has 16 heavy (non-hydrogen) atoms. The van der Waals surface area contributed by atoms with Crippen LogP contribution in [-0.2, 0) is 13.6 Å². The van der Waals surface area contributed by atoms with Gasteiger partial charge in [0.2, 0.25) is 0 Å². The minimum absolute atomic E-state index is 0.819. The van der Waals surface area contributed by atoms with Crippen molar-refractivity contribution < 1.29 is 4.90 Å². The molecule has 3 nitrogen and oxygen atoms in total. The fourth-order valence-corrected chi connectivity index (χ4v) is 2.11. The Bertz CT molecular complexity index is 558. The number of para-hydroxylation sites is 1. The zero-order valence-corrected chi connectivity index (χ0v) is 9.91. The Labute approximate surface area is 95.5 Å². The summed E-state index contributed by atoms with van der Waals surface area (Å²) >= 11 is 0. The Kier molecular flexibility index (Phi) is 2.67. The molecule has 0 spiro atoms. The molecule has 0 saturated carbocycles. The summed E-state index contributed by atoms with van der Waals surface area (Å²) in [6.07, 6.45) is 0. The van der Waals surface area contributed by atoms with Crippen molar-refractivity contribution in [1.29, 1.82) is 5.26 Å². The molecule has 1 N–H and O–H groups in total. The summed E-state index contributed by atoms with van der Waals surface area (Å²) in [5.41, 5.74) is 3.07. The molecule has 0 unspecified atom stereocenters. The monoisotopic (exact) mass is 214 g/mol. The van der Waals surface area contributed by atoms with Crippen LogP contribution in [0, 0.1) is 11.3 Å². The number of nitrogens with zero attached hydrogens (tertiary/aromatic N) is 2. The smallest absolute Gasteiger partial charge is 0.119 e. The van der Waals surface area contributed by atoms with Gasteiger partial charge in [0.05, 0.1) is 25.4 Å². The van der Waals surface area contributed by atoms with Crippen LogP contribution in [0.4, 0.5) is 0 Å². The third kappa shape index (κ3) is 1.58. The number of nitrogens with one attached hydrogen (secondary N) is 1. The van der Waals surface area contributed by atoms with Crippen LogP contribution in [0.3, 0.4) is 0 Å². The molecule has 1 heterocycles. The van der Waals surface area contributed by atoms with E-state index in [1.165, 1.54) is 4.90 Å². The van der Waals surface area contributed by atoms with Gasteiger partial charge in [-0.2, -0.15) is 5.26 Å². The van der Waals surface area contributed by atoms with Crippen LogP contribution in [0.1, 0.15) is 11.3 Å². The van der Waals surface area contributed by atoms with E-state index in [4.69, 9.17) is 0 Å². The summed E-state index contributed by atoms with van der Waals surface area (Å²) in [5.74, 6) is 0. The highest BCUT2D eigenvalue weighted by Gasteiger charge is 2.16. The van der Waals surface area contributed by atoms with Crippen LogP contribution in [-0.4, -0.2) is 18.7 Å². The molecule has 0 fully saturated rings. The maximum atomic E-state index is 9.27. The Balaban J connectivity index is 2.73. The molecule has 3 heteroatoms. The van der Waals surface area contributed by atoms with E-state index in [1.54, 1.807) is 0 Å². The van der Waals surface area contributed by atoms with E-state index in [0.717, 1.165) is 28.7 Å². The summed E-state index contributed by atoms with van der Waals surface area (Å²) in [5, 5.41) is 10.3. The van der Waals surface area contributed by atoms with Gasteiger partial charge in [0.15, 0.2) is 0 Å². The number of rotatable bonds is 2. The van der Waals surface area contributed by atoms with E-state index in [-0.39, 0.29) is 0 Å². The summed E-state index contributed by atoms with van der Waals surface area (Å²) < 4.78 is 2.13. The van der Waals surface area contributed by atoms with Crippen molar-refractivity contribution in [3.05, 3.63) is 35.5 Å². The van der Waals surface area contributed by atoms with E-state index in [0.29, 0.717) is 0 Å². The first kappa shape index (κ1) is 10.7. The van der Waals surface area contributed by atoms with Crippen LogP contribution in [0.25, 0.3) is 10.9 Å². The first-order valence-corrected chi connectivity index (χ1v) is 5.40. The Morgan fingerprint density at radius 3 is 2.62 bits per heavy atom. The average Bonchev–Trinajstić information content (AvgIpc) is 2.52. The second kappa shape index (κ2) is 3.99. The van der Waals surface area contributed by atoms with Gasteiger partial charge in [-0.15, -0.1) is 0 Å². The lowest BCUT2D eigenvalue weighted by atomic mass is 10.1. The highest BCUT2D eigenvalue weighted by Crippen LogP contribution is 2.23. The van der Waals surface area contributed by atoms with E-state index < -0.39 is 0 Å². The zero-order chi connectivity index (χ0) is 11.7. The fraction of sp³-hybridized carbons (Fsp3) is 0.308. The highest BCUT2D eigenvalue weighted by atomic mass is 15.1. The molecule has 2 rings (SSSR count). The van der Waals surface area contributed by atoms with Crippen molar-refractivity contribution in [2.45, 2.75) is 6.54 Å². The van der Waals surface area contributed by atoms with Gasteiger partial charge in [-0.1, -0.05) is 18.2 Å². The normalized spacial score (nSPS) is 10.9. The molecule has 0 atom stereocenters. The van der Waals surface area contributed by atoms with Gasteiger partial charge in [0.1, 0.15) is 12.6 Å². The number of fused-ring (bicyclic) bond motifs is 1. The molecule has 0 aliphatic heterocycles. The van der Waals surface area contributed by atoms with Crippen LogP contribution in [0.15, 0.2) is 24.3 Å². The van der Waals surface area contributed by atoms with Gasteiger partial charge in [-0.05, 0) is 6.07 Å². The molecule has 0 aliphatic rings. The second-order valence-electron chi connectivity index (χ2n) is 4.39. The van der Waals surface area contributed by atoms with Gasteiger partial charge < -0.3 is 9.47 Å².